The van der Waals surface area contributed by atoms with Gasteiger partial charge < -0.3 is 20.1 Å². The molecule has 3 saturated carbocycles. The molecule has 6 aliphatic rings. The van der Waals surface area contributed by atoms with Gasteiger partial charge in [0.1, 0.15) is 11.5 Å². The van der Waals surface area contributed by atoms with Gasteiger partial charge in [-0.1, -0.05) is 107 Å². The summed E-state index contributed by atoms with van der Waals surface area (Å²) in [5.74, 6) is -0.150. The van der Waals surface area contributed by atoms with Gasteiger partial charge in [0.2, 0.25) is 0 Å². The van der Waals surface area contributed by atoms with Crippen molar-refractivity contribution in [2.45, 2.75) is 161 Å². The second kappa shape index (κ2) is 20.0. The summed E-state index contributed by atoms with van der Waals surface area (Å²) in [4.78, 5) is 39.9. The van der Waals surface area contributed by atoms with E-state index in [-0.39, 0.29) is 57.4 Å². The van der Waals surface area contributed by atoms with Crippen molar-refractivity contribution in [1.29, 1.82) is 0 Å². The van der Waals surface area contributed by atoms with Crippen LogP contribution in [0.2, 0.25) is 0 Å². The van der Waals surface area contributed by atoms with Crippen molar-refractivity contribution in [1.82, 2.24) is 0 Å². The molecule has 9 heteroatoms. The number of benzene rings is 3. The number of hydrogen-bond donors (Lipinski definition) is 3. The van der Waals surface area contributed by atoms with Crippen LogP contribution in [0, 0.1) is 40.9 Å². The zero-order valence-electron chi connectivity index (χ0n) is 41.1. The smallest absolute Gasteiger partial charge is 0.319 e. The van der Waals surface area contributed by atoms with Gasteiger partial charge in [-0.3, -0.25) is 14.4 Å². The lowest BCUT2D eigenvalue weighted by Gasteiger charge is -2.55. The zero-order chi connectivity index (χ0) is 49.3. The van der Waals surface area contributed by atoms with Crippen LogP contribution in [0.3, 0.4) is 0 Å². The van der Waals surface area contributed by atoms with Crippen LogP contribution in [0.5, 0.6) is 11.5 Å². The van der Waals surface area contributed by atoms with Crippen LogP contribution in [0.4, 0.5) is 0 Å². The average molecular weight is 954 g/mol. The number of ether oxygens (including phenoxy) is 1. The van der Waals surface area contributed by atoms with Crippen LogP contribution in [0.15, 0.2) is 85.1 Å². The molecule has 9 atom stereocenters. The number of carboxylic acids is 1. The summed E-state index contributed by atoms with van der Waals surface area (Å²) in [6, 6.07) is 18.0. The Bertz CT molecular complexity index is 2320. The maximum atomic E-state index is 14.0. The van der Waals surface area contributed by atoms with E-state index in [1.54, 1.807) is 12.1 Å². The van der Waals surface area contributed by atoms with Crippen LogP contribution in [0.25, 0.3) is 0 Å². The number of fused-ring (bicyclic) bond motifs is 9. The molecular weight excluding hydrogens is 880 g/mol. The van der Waals surface area contributed by atoms with Gasteiger partial charge in [0.25, 0.3) is 0 Å². The summed E-state index contributed by atoms with van der Waals surface area (Å²) in [6.07, 6.45) is 13.5. The minimum absolute atomic E-state index is 0.0327. The first kappa shape index (κ1) is 52.1. The van der Waals surface area contributed by atoms with E-state index in [4.69, 9.17) is 27.9 Å². The van der Waals surface area contributed by atoms with Gasteiger partial charge in [-0.2, -0.15) is 0 Å². The number of esters is 2. The van der Waals surface area contributed by atoms with Gasteiger partial charge >= 0.3 is 17.9 Å². The number of phenolic OH excluding ortho intramolecular Hbond substituents is 2. The Morgan fingerprint density at radius 3 is 1.31 bits per heavy atom. The first-order valence-corrected chi connectivity index (χ1v) is 25.3. The molecule has 9 rings (SSSR count). The van der Waals surface area contributed by atoms with Crippen molar-refractivity contribution in [3.63, 3.8) is 0 Å². The maximum absolute atomic E-state index is 14.0. The molecule has 0 spiro atoms. The van der Waals surface area contributed by atoms with Crippen molar-refractivity contribution in [3.8, 4) is 11.5 Å². The molecule has 1 unspecified atom stereocenters. The van der Waals surface area contributed by atoms with Crippen LogP contribution in [0.1, 0.15) is 158 Å². The van der Waals surface area contributed by atoms with E-state index in [9.17, 15) is 29.7 Å². The third-order valence-corrected chi connectivity index (χ3v) is 18.5. The lowest BCUT2D eigenvalue weighted by atomic mass is 9.49. The molecular formula is C58H74Cl2O7. The highest BCUT2D eigenvalue weighted by atomic mass is 35.5. The molecule has 0 saturated heterocycles. The van der Waals surface area contributed by atoms with E-state index in [1.165, 1.54) is 27.8 Å². The summed E-state index contributed by atoms with van der Waals surface area (Å²) in [7, 11) is 0. The molecule has 3 fully saturated rings. The number of aryl methyl sites for hydroxylation is 4. The largest absolute Gasteiger partial charge is 0.508 e. The highest BCUT2D eigenvalue weighted by Crippen LogP contribution is 2.61. The Balaban J connectivity index is 0.000000220. The molecule has 0 radical (unpaired) electrons. The normalized spacial score (nSPS) is 33.0. The number of alkyl halides is 1. The van der Waals surface area contributed by atoms with Crippen molar-refractivity contribution >= 4 is 41.1 Å². The monoisotopic (exact) mass is 952 g/mol. The Labute approximate surface area is 410 Å². The zero-order valence-corrected chi connectivity index (χ0v) is 42.6. The molecule has 0 aromatic heterocycles. The minimum Gasteiger partial charge on any atom is -0.508 e. The summed E-state index contributed by atoms with van der Waals surface area (Å²) in [5.41, 5.74) is 8.63. The van der Waals surface area contributed by atoms with E-state index < -0.39 is 22.2 Å². The lowest BCUT2D eigenvalue weighted by molar-refractivity contribution is -0.184. The highest BCUT2D eigenvalue weighted by Gasteiger charge is 2.60. The fourth-order valence-electron chi connectivity index (χ4n) is 14.5. The molecule has 0 amide bonds. The molecule has 3 aromatic carbocycles. The number of rotatable bonds is 4. The molecule has 3 aromatic rings. The van der Waals surface area contributed by atoms with E-state index in [1.807, 2.05) is 45.0 Å². The topological polar surface area (TPSA) is 121 Å². The standard InChI is InChI=1S/C34H42O5.C18H24O2.C3H4Cl2.C3H4/c1-31-15-5-17-33(3,27(31)13-9-21-7-11-23(35)19-25(21)31)29(37)39-30(38)34(4)18-6-16-32(2)26-20-24(36)12-8-22(26)10-14-28(32)34;1-12-5-6-13-7-8-15-17(2,14(13)11-12)9-4-10-18(15,3)16(19)20;1-3(5)2-4;1-3-2/h7-8,11-12,19-20,27-28,35-36H,5-6,9-10,13-18H2,1-4H3;5-6,11,15H,4,7-10H2,1-3H3,(H,19,20);1-2H2;1-2H2/t27-,28-,31-,32-,33+,34?;15-,17-,18+;;/m11../s1. The third kappa shape index (κ3) is 9.56. The molecule has 6 aliphatic carbocycles. The average Bonchev–Trinajstić information content (AvgIpc) is 3.27. The first-order chi connectivity index (χ1) is 31.5. The second-order valence-electron chi connectivity index (χ2n) is 22.1. The summed E-state index contributed by atoms with van der Waals surface area (Å²) in [6.45, 7) is 24.4. The number of phenols is 2. The number of hydrogen-bond acceptors (Lipinski definition) is 6. The molecule has 3 N–H and O–H groups in total. The minimum atomic E-state index is -0.759. The quantitative estimate of drug-likeness (QED) is 0.103. The lowest BCUT2D eigenvalue weighted by Crippen LogP contribution is -2.55. The number of allylic oxidation sites excluding steroid dienone is 1. The first-order valence-electron chi connectivity index (χ1n) is 24.4. The number of carboxylic acid groups (broad SMARTS) is 1. The van der Waals surface area contributed by atoms with Crippen molar-refractivity contribution in [3.05, 3.63) is 124 Å². The molecule has 0 bridgehead atoms. The van der Waals surface area contributed by atoms with Crippen LogP contribution < -0.4 is 0 Å². The Morgan fingerprint density at radius 1 is 0.627 bits per heavy atom. The van der Waals surface area contributed by atoms with Crippen LogP contribution >= 0.6 is 23.2 Å². The highest BCUT2D eigenvalue weighted by molar-refractivity contribution is 6.35. The summed E-state index contributed by atoms with van der Waals surface area (Å²) < 4.78 is 5.97. The second-order valence-corrected chi connectivity index (χ2v) is 22.9. The number of aliphatic carboxylic acids is 1. The maximum Gasteiger partial charge on any atom is 0.319 e. The van der Waals surface area contributed by atoms with Gasteiger partial charge in [-0.25, -0.2) is 0 Å². The summed E-state index contributed by atoms with van der Waals surface area (Å²) in [5, 5.41) is 30.8. The number of aromatic hydroxyl groups is 2. The Kier molecular flexibility index (Phi) is 15.5. The van der Waals surface area contributed by atoms with E-state index in [2.05, 4.69) is 71.4 Å². The fourth-order valence-corrected chi connectivity index (χ4v) is 14.5. The van der Waals surface area contributed by atoms with E-state index in [0.29, 0.717) is 23.8 Å². The van der Waals surface area contributed by atoms with Crippen molar-refractivity contribution in [2.75, 3.05) is 5.88 Å². The van der Waals surface area contributed by atoms with E-state index in [0.717, 1.165) is 94.6 Å². The predicted molar refractivity (Wildman–Crippen MR) is 270 cm³/mol. The Morgan fingerprint density at radius 2 is 0.955 bits per heavy atom. The van der Waals surface area contributed by atoms with Gasteiger partial charge in [0.15, 0.2) is 0 Å². The number of carbonyl (C=O) groups is 3. The molecule has 362 valence electrons. The molecule has 67 heavy (non-hydrogen) atoms. The third-order valence-electron chi connectivity index (χ3n) is 17.9. The van der Waals surface area contributed by atoms with Gasteiger partial charge in [-0.05, 0) is 196 Å². The molecule has 0 aliphatic heterocycles. The van der Waals surface area contributed by atoms with Crippen LogP contribution in [-0.4, -0.2) is 39.1 Å². The molecule has 0 heterocycles. The fraction of sp³-hybridized carbons (Fsp3) is 0.552. The molecule has 7 nitrogen and oxygen atoms in total. The SMILES string of the molecule is C=C(Cl)CCl.C=C=C.CC1(C(=O)OC(=O)[C@@]2(C)CCC[C@]3(C)c4cc(O)ccc4CC[C@@H]23)CCC[C@]2(C)c3cc(O)ccc3CC[C@@H]12.Cc1ccc2c(c1)[C@@]1(C)CCC[C@](C)(C(=O)O)[C@@H]1CC2. The van der Waals surface area contributed by atoms with E-state index >= 15 is 0 Å². The van der Waals surface area contributed by atoms with Gasteiger partial charge in [0, 0.05) is 5.03 Å². The van der Waals surface area contributed by atoms with Crippen molar-refractivity contribution < 1.29 is 34.4 Å². The number of halogens is 2. The van der Waals surface area contributed by atoms with Gasteiger partial charge in [-0.15, -0.1) is 17.3 Å². The van der Waals surface area contributed by atoms with Gasteiger partial charge in [0.05, 0.1) is 22.1 Å². The predicted octanol–water partition coefficient (Wildman–Crippen LogP) is 13.9. The Hall–Kier alpha value is -4.29. The van der Waals surface area contributed by atoms with Crippen LogP contribution in [-0.2, 0) is 54.6 Å². The van der Waals surface area contributed by atoms with Crippen molar-refractivity contribution in [2.24, 2.45) is 34.0 Å². The summed E-state index contributed by atoms with van der Waals surface area (Å²) >= 11 is 10.2. The number of carbonyl (C=O) groups excluding carboxylic acids is 2.